The van der Waals surface area contributed by atoms with Crippen LogP contribution < -0.4 is 5.46 Å². The fraction of sp³-hybridized carbons (Fsp3) is 0.381. The highest BCUT2D eigenvalue weighted by Gasteiger charge is 2.52. The summed E-state index contributed by atoms with van der Waals surface area (Å²) in [6.07, 6.45) is 1.92. The number of rotatable bonds is 3. The van der Waals surface area contributed by atoms with Crippen LogP contribution in [-0.2, 0) is 9.31 Å². The topological polar surface area (TPSA) is 36.3 Å². The second-order valence-electron chi connectivity index (χ2n) is 8.24. The lowest BCUT2D eigenvalue weighted by molar-refractivity contribution is 0.00578. The molecule has 4 rings (SSSR count). The molecule has 0 saturated carbocycles. The summed E-state index contributed by atoms with van der Waals surface area (Å²) in [5, 5.41) is 5.70. The Morgan fingerprint density at radius 3 is 2.19 bits per heavy atom. The van der Waals surface area contributed by atoms with Crippen LogP contribution in [0.2, 0.25) is 0 Å². The molecule has 2 heterocycles. The summed E-state index contributed by atoms with van der Waals surface area (Å²) in [7, 11) is -0.388. The standard InChI is InChI=1S/C21H25BN2O2S/c1-14-7-10-16(11-8-14)27-24-18-12-9-15(2)19(17(18)13-23-24)22-25-20(3,4)21(5,6)26-22/h7-13H,1-6H3. The molecule has 1 aromatic heterocycles. The Kier molecular flexibility index (Phi) is 4.41. The molecule has 2 aromatic carbocycles. The molecule has 0 radical (unpaired) electrons. The first-order chi connectivity index (χ1) is 12.7. The van der Waals surface area contributed by atoms with Gasteiger partial charge in [-0.3, -0.25) is 0 Å². The molecule has 1 aliphatic rings. The van der Waals surface area contributed by atoms with E-state index in [0.717, 1.165) is 26.8 Å². The Labute approximate surface area is 165 Å². The van der Waals surface area contributed by atoms with E-state index in [1.165, 1.54) is 5.56 Å². The van der Waals surface area contributed by atoms with Gasteiger partial charge in [0, 0.05) is 22.2 Å². The number of hydrogen-bond donors (Lipinski definition) is 0. The molecular weight excluding hydrogens is 355 g/mol. The van der Waals surface area contributed by atoms with Crippen molar-refractivity contribution in [2.24, 2.45) is 0 Å². The Hall–Kier alpha value is -1.76. The highest BCUT2D eigenvalue weighted by Crippen LogP contribution is 2.37. The van der Waals surface area contributed by atoms with Gasteiger partial charge in [-0.2, -0.15) is 5.10 Å². The van der Waals surface area contributed by atoms with Crippen molar-refractivity contribution in [3.8, 4) is 0 Å². The zero-order chi connectivity index (χ0) is 19.4. The van der Waals surface area contributed by atoms with Crippen LogP contribution in [0.15, 0.2) is 47.5 Å². The summed E-state index contributed by atoms with van der Waals surface area (Å²) in [6, 6.07) is 12.7. The number of aromatic nitrogens is 2. The molecule has 1 aliphatic heterocycles. The molecule has 1 saturated heterocycles. The van der Waals surface area contributed by atoms with Crippen molar-refractivity contribution >= 4 is 35.4 Å². The first-order valence-electron chi connectivity index (χ1n) is 9.26. The van der Waals surface area contributed by atoms with Gasteiger partial charge in [-0.25, -0.2) is 4.09 Å². The molecule has 1 fully saturated rings. The third kappa shape index (κ3) is 3.20. The van der Waals surface area contributed by atoms with Crippen LogP contribution in [0, 0.1) is 13.8 Å². The van der Waals surface area contributed by atoms with E-state index in [-0.39, 0.29) is 18.3 Å². The predicted octanol–water partition coefficient (Wildman–Crippen LogP) is 4.51. The zero-order valence-corrected chi connectivity index (χ0v) is 17.6. The van der Waals surface area contributed by atoms with Gasteiger partial charge in [-0.05, 0) is 65.2 Å². The van der Waals surface area contributed by atoms with Gasteiger partial charge in [0.1, 0.15) is 0 Å². The van der Waals surface area contributed by atoms with Gasteiger partial charge in [-0.1, -0.05) is 29.3 Å². The van der Waals surface area contributed by atoms with Crippen molar-refractivity contribution in [2.45, 2.75) is 57.6 Å². The van der Waals surface area contributed by atoms with E-state index in [2.05, 4.69) is 83.0 Å². The zero-order valence-electron chi connectivity index (χ0n) is 16.7. The second kappa shape index (κ2) is 6.40. The van der Waals surface area contributed by atoms with E-state index in [1.807, 2.05) is 10.3 Å². The summed E-state index contributed by atoms with van der Waals surface area (Å²) >= 11 is 1.61. The van der Waals surface area contributed by atoms with Gasteiger partial charge in [0.2, 0.25) is 0 Å². The molecule has 140 valence electrons. The van der Waals surface area contributed by atoms with Crippen LogP contribution in [-0.4, -0.2) is 27.5 Å². The van der Waals surface area contributed by atoms with Gasteiger partial charge in [-0.15, -0.1) is 0 Å². The molecule has 0 aliphatic carbocycles. The van der Waals surface area contributed by atoms with Crippen LogP contribution in [0.25, 0.3) is 10.9 Å². The third-order valence-corrected chi connectivity index (χ3v) is 6.63. The first-order valence-corrected chi connectivity index (χ1v) is 10.0. The molecule has 6 heteroatoms. The average Bonchev–Trinajstić information content (AvgIpc) is 3.07. The van der Waals surface area contributed by atoms with Crippen molar-refractivity contribution in [2.75, 3.05) is 0 Å². The number of hydrogen-bond acceptors (Lipinski definition) is 4. The van der Waals surface area contributed by atoms with Crippen LogP contribution in [0.3, 0.4) is 0 Å². The SMILES string of the molecule is Cc1ccc(Sn2ncc3c(B4OC(C)(C)C(C)(C)O4)c(C)ccc32)cc1. The maximum atomic E-state index is 6.31. The van der Waals surface area contributed by atoms with E-state index in [4.69, 9.17) is 9.31 Å². The van der Waals surface area contributed by atoms with Crippen molar-refractivity contribution in [3.05, 3.63) is 53.7 Å². The van der Waals surface area contributed by atoms with Crippen molar-refractivity contribution in [1.82, 2.24) is 9.19 Å². The summed E-state index contributed by atoms with van der Waals surface area (Å²) in [5.41, 5.74) is 3.82. The lowest BCUT2D eigenvalue weighted by atomic mass is 9.74. The summed E-state index contributed by atoms with van der Waals surface area (Å²) in [5.74, 6) is 0. The minimum atomic E-state index is -0.388. The highest BCUT2D eigenvalue weighted by atomic mass is 32.2. The molecule has 0 amide bonds. The van der Waals surface area contributed by atoms with E-state index in [9.17, 15) is 0 Å². The number of nitrogens with zero attached hydrogens (tertiary/aromatic N) is 2. The fourth-order valence-corrected chi connectivity index (χ4v) is 4.06. The van der Waals surface area contributed by atoms with Crippen molar-refractivity contribution in [1.29, 1.82) is 0 Å². The number of benzene rings is 2. The van der Waals surface area contributed by atoms with E-state index < -0.39 is 0 Å². The molecule has 0 bridgehead atoms. The van der Waals surface area contributed by atoms with Crippen LogP contribution in [0.5, 0.6) is 0 Å². The van der Waals surface area contributed by atoms with Crippen molar-refractivity contribution < 1.29 is 9.31 Å². The molecule has 3 aromatic rings. The van der Waals surface area contributed by atoms with Crippen LogP contribution >= 0.6 is 11.9 Å². The molecule has 0 N–H and O–H groups in total. The lowest BCUT2D eigenvalue weighted by Crippen LogP contribution is -2.41. The Balaban J connectivity index is 1.74. The fourth-order valence-electron chi connectivity index (χ4n) is 3.25. The van der Waals surface area contributed by atoms with E-state index in [1.54, 1.807) is 11.9 Å². The lowest BCUT2D eigenvalue weighted by Gasteiger charge is -2.32. The summed E-state index contributed by atoms with van der Waals surface area (Å²) < 4.78 is 14.6. The second-order valence-corrected chi connectivity index (χ2v) is 9.24. The van der Waals surface area contributed by atoms with Crippen molar-refractivity contribution in [3.63, 3.8) is 0 Å². The maximum absolute atomic E-state index is 6.31. The van der Waals surface area contributed by atoms with Crippen LogP contribution in [0.1, 0.15) is 38.8 Å². The smallest absolute Gasteiger partial charge is 0.399 e. The van der Waals surface area contributed by atoms with E-state index >= 15 is 0 Å². The molecular formula is C21H25BN2O2S. The summed E-state index contributed by atoms with van der Waals surface area (Å²) in [6.45, 7) is 12.5. The monoisotopic (exact) mass is 380 g/mol. The maximum Gasteiger partial charge on any atom is 0.495 e. The molecule has 4 nitrogen and oxygen atoms in total. The van der Waals surface area contributed by atoms with Gasteiger partial charge < -0.3 is 9.31 Å². The first kappa shape index (κ1) is 18.6. The van der Waals surface area contributed by atoms with Gasteiger partial charge >= 0.3 is 7.12 Å². The van der Waals surface area contributed by atoms with Gasteiger partial charge in [0.25, 0.3) is 0 Å². The largest absolute Gasteiger partial charge is 0.495 e. The van der Waals surface area contributed by atoms with Crippen LogP contribution in [0.4, 0.5) is 0 Å². The highest BCUT2D eigenvalue weighted by molar-refractivity contribution is 7.98. The molecule has 27 heavy (non-hydrogen) atoms. The quantitative estimate of drug-likeness (QED) is 0.627. The Morgan fingerprint density at radius 2 is 1.56 bits per heavy atom. The predicted molar refractivity (Wildman–Crippen MR) is 113 cm³/mol. The number of aryl methyl sites for hydroxylation is 2. The molecule has 0 atom stereocenters. The minimum Gasteiger partial charge on any atom is -0.399 e. The molecule has 0 unspecified atom stereocenters. The minimum absolute atomic E-state index is 0.362. The van der Waals surface area contributed by atoms with Gasteiger partial charge in [0.05, 0.1) is 22.9 Å². The van der Waals surface area contributed by atoms with Gasteiger partial charge in [0.15, 0.2) is 0 Å². The third-order valence-electron chi connectivity index (χ3n) is 5.68. The normalized spacial score (nSPS) is 18.4. The average molecular weight is 380 g/mol. The Bertz CT molecular complexity index is 979. The summed E-state index contributed by atoms with van der Waals surface area (Å²) in [4.78, 5) is 1.16. The number of fused-ring (bicyclic) bond motifs is 1. The Morgan fingerprint density at radius 1 is 0.926 bits per heavy atom. The molecule has 0 spiro atoms. The van der Waals surface area contributed by atoms with E-state index in [0.29, 0.717) is 0 Å².